The molecule has 4 rings (SSSR count). The van der Waals surface area contributed by atoms with Crippen LogP contribution in [0.3, 0.4) is 0 Å². The summed E-state index contributed by atoms with van der Waals surface area (Å²) < 4.78 is 69.4. The van der Waals surface area contributed by atoms with Crippen LogP contribution < -0.4 is 10.2 Å². The number of nitrogens with zero attached hydrogens (tertiary/aromatic N) is 4. The number of alkyl halides is 3. The van der Waals surface area contributed by atoms with Gasteiger partial charge in [0.1, 0.15) is 0 Å². The molecule has 3 aromatic rings. The molecule has 1 saturated heterocycles. The van der Waals surface area contributed by atoms with E-state index in [0.717, 1.165) is 36.2 Å². The lowest BCUT2D eigenvalue weighted by Crippen LogP contribution is -2.49. The Kier molecular flexibility index (Phi) is 11.2. The number of aryl methyl sites for hydroxylation is 1. The molecule has 1 aliphatic rings. The van der Waals surface area contributed by atoms with Gasteiger partial charge in [0.15, 0.2) is 0 Å². The first-order valence-corrected chi connectivity index (χ1v) is 14.8. The van der Waals surface area contributed by atoms with Crippen molar-refractivity contribution >= 4 is 28.4 Å². The van der Waals surface area contributed by atoms with Crippen molar-refractivity contribution in [1.29, 1.82) is 0 Å². The summed E-state index contributed by atoms with van der Waals surface area (Å²) in [4.78, 5) is 31.7. The summed E-state index contributed by atoms with van der Waals surface area (Å²) in [7, 11) is -2.67. The number of carbonyl (C=O) groups is 2. The average molecular weight is 622 g/mol. The Labute approximate surface area is 248 Å². The number of rotatable bonds is 8. The predicted octanol–water partition coefficient (Wildman–Crippen LogP) is 4.16. The van der Waals surface area contributed by atoms with E-state index in [1.54, 1.807) is 11.8 Å². The van der Waals surface area contributed by atoms with E-state index in [4.69, 9.17) is 0 Å². The van der Waals surface area contributed by atoms with Gasteiger partial charge in [-0.2, -0.15) is 17.5 Å². The summed E-state index contributed by atoms with van der Waals surface area (Å²) in [6.45, 7) is 7.39. The number of nitrogens with one attached hydrogen (secondary N) is 1. The number of hydrogen-bond acceptors (Lipinski definition) is 8. The Hall–Kier alpha value is -4.04. The van der Waals surface area contributed by atoms with E-state index < -0.39 is 27.7 Å². The number of sulfonamides is 1. The van der Waals surface area contributed by atoms with E-state index in [1.807, 2.05) is 12.1 Å². The molecule has 232 valence electrons. The highest BCUT2D eigenvalue weighted by Gasteiger charge is 2.33. The van der Waals surface area contributed by atoms with E-state index in [0.29, 0.717) is 24.1 Å². The first-order chi connectivity index (χ1) is 20.3. The zero-order valence-corrected chi connectivity index (χ0v) is 25.1. The van der Waals surface area contributed by atoms with Crippen molar-refractivity contribution in [3.05, 3.63) is 82.7 Å². The topological polar surface area (TPSA) is 122 Å². The van der Waals surface area contributed by atoms with Crippen molar-refractivity contribution in [3.8, 4) is 0 Å². The van der Waals surface area contributed by atoms with Crippen LogP contribution in [0.15, 0.2) is 59.6 Å². The molecular formula is C29H34F3N5O5S. The van der Waals surface area contributed by atoms with Crippen LogP contribution in [0.1, 0.15) is 52.5 Å². The standard InChI is InChI=1S/C18H19F3N4O4S.C11H15NO/c1-12-15(16(26)29-2)11-22-17(23-12)24-7-9-25(10-8-24)30(27,28)14-5-3-13(4-6-14)18(19,20)21;1-9(2)11-5-3-10(4-6-11)7-12-8-13/h3-6,11H,7-10H2,1-2H3;3-6,8-9H,7H2,1-2H3,(H,12,13). The number of hydrogen-bond donors (Lipinski definition) is 1. The van der Waals surface area contributed by atoms with Crippen LogP contribution in [-0.2, 0) is 32.3 Å². The lowest BCUT2D eigenvalue weighted by Gasteiger charge is -2.34. The van der Waals surface area contributed by atoms with Gasteiger partial charge in [0.25, 0.3) is 0 Å². The molecule has 1 aliphatic heterocycles. The second-order valence-electron chi connectivity index (χ2n) is 9.97. The fourth-order valence-corrected chi connectivity index (χ4v) is 5.61. The molecule has 1 N–H and O–H groups in total. The van der Waals surface area contributed by atoms with Gasteiger partial charge in [0.2, 0.25) is 22.4 Å². The Morgan fingerprint density at radius 1 is 1.05 bits per heavy atom. The molecule has 1 aromatic heterocycles. The molecule has 0 radical (unpaired) electrons. The van der Waals surface area contributed by atoms with E-state index in [9.17, 15) is 31.2 Å². The van der Waals surface area contributed by atoms with Crippen molar-refractivity contribution in [3.63, 3.8) is 0 Å². The van der Waals surface area contributed by atoms with Crippen LogP contribution in [0.4, 0.5) is 19.1 Å². The number of piperazine rings is 1. The number of ether oxygens (including phenoxy) is 1. The molecule has 0 saturated carbocycles. The van der Waals surface area contributed by atoms with Crippen LogP contribution in [0.2, 0.25) is 0 Å². The first-order valence-electron chi connectivity index (χ1n) is 13.4. The summed E-state index contributed by atoms with van der Waals surface area (Å²) in [5, 5.41) is 2.63. The molecule has 14 heteroatoms. The van der Waals surface area contributed by atoms with Crippen LogP contribution in [0.25, 0.3) is 0 Å². The smallest absolute Gasteiger partial charge is 0.416 e. The lowest BCUT2D eigenvalue weighted by molar-refractivity contribution is -0.137. The second kappa shape index (κ2) is 14.4. The lowest BCUT2D eigenvalue weighted by atomic mass is 10.0. The molecule has 0 spiro atoms. The Morgan fingerprint density at radius 3 is 2.14 bits per heavy atom. The highest BCUT2D eigenvalue weighted by atomic mass is 32.2. The van der Waals surface area contributed by atoms with Gasteiger partial charge in [-0.1, -0.05) is 38.1 Å². The third-order valence-electron chi connectivity index (χ3n) is 6.75. The summed E-state index contributed by atoms with van der Waals surface area (Å²) >= 11 is 0. The van der Waals surface area contributed by atoms with Gasteiger partial charge < -0.3 is 15.0 Å². The van der Waals surface area contributed by atoms with Gasteiger partial charge in [-0.15, -0.1) is 0 Å². The summed E-state index contributed by atoms with van der Waals surface area (Å²) in [5.74, 6) is 0.367. The van der Waals surface area contributed by atoms with Crippen molar-refractivity contribution in [2.24, 2.45) is 0 Å². The molecule has 0 unspecified atom stereocenters. The van der Waals surface area contributed by atoms with Crippen LogP contribution in [0.5, 0.6) is 0 Å². The van der Waals surface area contributed by atoms with Crippen LogP contribution in [0, 0.1) is 6.92 Å². The van der Waals surface area contributed by atoms with Crippen molar-refractivity contribution in [2.75, 3.05) is 38.2 Å². The molecule has 43 heavy (non-hydrogen) atoms. The maximum absolute atomic E-state index is 12.7. The van der Waals surface area contributed by atoms with E-state index in [1.165, 1.54) is 23.2 Å². The van der Waals surface area contributed by atoms with E-state index >= 15 is 0 Å². The fraction of sp³-hybridized carbons (Fsp3) is 0.379. The minimum Gasteiger partial charge on any atom is -0.465 e. The summed E-state index contributed by atoms with van der Waals surface area (Å²) in [5.41, 5.74) is 2.23. The molecule has 10 nitrogen and oxygen atoms in total. The number of amides is 1. The van der Waals surface area contributed by atoms with Gasteiger partial charge >= 0.3 is 12.1 Å². The quantitative estimate of drug-likeness (QED) is 0.294. The SMILES string of the molecule is CC(C)c1ccc(CNC=O)cc1.COC(=O)c1cnc(N2CCN(S(=O)(=O)c3ccc(C(F)(F)F)cc3)CC2)nc1C. The third-order valence-corrected chi connectivity index (χ3v) is 8.66. The minimum atomic E-state index is -4.53. The third kappa shape index (κ3) is 8.74. The zero-order chi connectivity index (χ0) is 31.8. The maximum atomic E-state index is 12.7. The van der Waals surface area contributed by atoms with Gasteiger partial charge in [-0.3, -0.25) is 4.79 Å². The Morgan fingerprint density at radius 2 is 1.65 bits per heavy atom. The maximum Gasteiger partial charge on any atom is 0.416 e. The predicted molar refractivity (Wildman–Crippen MR) is 154 cm³/mol. The number of aromatic nitrogens is 2. The summed E-state index contributed by atoms with van der Waals surface area (Å²) in [6, 6.07) is 11.7. The van der Waals surface area contributed by atoms with Crippen LogP contribution >= 0.6 is 0 Å². The molecule has 0 aliphatic carbocycles. The van der Waals surface area contributed by atoms with E-state index in [2.05, 4.69) is 46.0 Å². The van der Waals surface area contributed by atoms with Gasteiger partial charge in [0, 0.05) is 38.9 Å². The number of esters is 1. The van der Waals surface area contributed by atoms with E-state index in [-0.39, 0.29) is 36.6 Å². The Balaban J connectivity index is 0.000000326. The number of methoxy groups -OCH3 is 1. The highest BCUT2D eigenvalue weighted by molar-refractivity contribution is 7.89. The first kappa shape index (κ1) is 33.5. The molecule has 2 aromatic carbocycles. The molecule has 2 heterocycles. The molecule has 0 bridgehead atoms. The fourth-order valence-electron chi connectivity index (χ4n) is 4.19. The largest absolute Gasteiger partial charge is 0.465 e. The monoisotopic (exact) mass is 621 g/mol. The normalized spacial score (nSPS) is 14.1. The zero-order valence-electron chi connectivity index (χ0n) is 24.3. The van der Waals surface area contributed by atoms with Crippen molar-refractivity contribution in [2.45, 2.75) is 44.3 Å². The number of halogens is 3. The van der Waals surface area contributed by atoms with Gasteiger partial charge in [-0.25, -0.2) is 23.2 Å². The number of benzene rings is 2. The molecule has 1 fully saturated rings. The number of anilines is 1. The van der Waals surface area contributed by atoms with Crippen molar-refractivity contribution in [1.82, 2.24) is 19.6 Å². The van der Waals surface area contributed by atoms with Gasteiger partial charge in [0.05, 0.1) is 28.8 Å². The molecular weight excluding hydrogens is 587 g/mol. The van der Waals surface area contributed by atoms with Crippen LogP contribution in [-0.4, -0.2) is 68.4 Å². The second-order valence-corrected chi connectivity index (χ2v) is 11.9. The molecule has 0 atom stereocenters. The van der Waals surface area contributed by atoms with Gasteiger partial charge in [-0.05, 0) is 48.2 Å². The minimum absolute atomic E-state index is 0.116. The van der Waals surface area contributed by atoms with Crippen molar-refractivity contribution < 1.29 is 35.9 Å². The number of carbonyl (C=O) groups excluding carboxylic acids is 2. The summed E-state index contributed by atoms with van der Waals surface area (Å²) in [6.07, 6.45) is -2.46. The highest BCUT2D eigenvalue weighted by Crippen LogP contribution is 2.30. The molecule has 1 amide bonds. The average Bonchev–Trinajstić information content (AvgIpc) is 2.99. The Bertz CT molecular complexity index is 1490.